The van der Waals surface area contributed by atoms with Gasteiger partial charge in [0, 0.05) is 17.0 Å². The molecular weight excluding hydrogens is 232 g/mol. The fraction of sp³-hybridized carbons (Fsp3) is 0.500. The molecule has 0 spiro atoms. The summed E-state index contributed by atoms with van der Waals surface area (Å²) < 4.78 is 0. The van der Waals surface area contributed by atoms with Crippen LogP contribution in [0.4, 0.5) is 5.82 Å². The van der Waals surface area contributed by atoms with Crippen molar-refractivity contribution in [2.24, 2.45) is 5.73 Å². The predicted octanol–water partition coefficient (Wildman–Crippen LogP) is 2.29. The minimum Gasteiger partial charge on any atom is -0.365 e. The van der Waals surface area contributed by atoms with E-state index >= 15 is 0 Å². The SMILES string of the molecule is Cc1cc2c(NC3CCCC3N)ncnc2s1. The molecule has 2 aromatic rings. The Bertz CT molecular complexity index is 536. The Morgan fingerprint density at radius 2 is 2.29 bits per heavy atom. The highest BCUT2D eigenvalue weighted by molar-refractivity contribution is 7.18. The molecule has 1 aliphatic rings. The summed E-state index contributed by atoms with van der Waals surface area (Å²) in [5, 5.41) is 4.60. The van der Waals surface area contributed by atoms with Gasteiger partial charge in [-0.1, -0.05) is 0 Å². The van der Waals surface area contributed by atoms with E-state index in [4.69, 9.17) is 5.73 Å². The van der Waals surface area contributed by atoms with E-state index in [1.54, 1.807) is 17.7 Å². The Kier molecular flexibility index (Phi) is 2.72. The summed E-state index contributed by atoms with van der Waals surface area (Å²) in [5.74, 6) is 0.932. The summed E-state index contributed by atoms with van der Waals surface area (Å²) in [5.41, 5.74) is 6.07. The second kappa shape index (κ2) is 4.23. The maximum atomic E-state index is 6.07. The molecule has 0 aromatic carbocycles. The Morgan fingerprint density at radius 1 is 1.41 bits per heavy atom. The minimum absolute atomic E-state index is 0.250. The second-order valence-corrected chi connectivity index (χ2v) is 5.88. The number of hydrogen-bond donors (Lipinski definition) is 2. The van der Waals surface area contributed by atoms with Crippen LogP contribution in [0.1, 0.15) is 24.1 Å². The van der Waals surface area contributed by atoms with Crippen molar-refractivity contribution in [3.63, 3.8) is 0 Å². The molecule has 1 aliphatic carbocycles. The molecule has 3 rings (SSSR count). The van der Waals surface area contributed by atoms with Gasteiger partial charge in [0.25, 0.3) is 0 Å². The van der Waals surface area contributed by atoms with Crippen LogP contribution in [0, 0.1) is 6.92 Å². The van der Waals surface area contributed by atoms with Gasteiger partial charge in [-0.05, 0) is 32.3 Å². The summed E-state index contributed by atoms with van der Waals surface area (Å²) in [4.78, 5) is 11.0. The van der Waals surface area contributed by atoms with E-state index < -0.39 is 0 Å². The molecule has 2 heterocycles. The van der Waals surface area contributed by atoms with Gasteiger partial charge < -0.3 is 11.1 Å². The third-order valence-electron chi connectivity index (χ3n) is 3.34. The van der Waals surface area contributed by atoms with Crippen LogP contribution in [-0.2, 0) is 0 Å². The van der Waals surface area contributed by atoms with Gasteiger partial charge in [-0.15, -0.1) is 11.3 Å². The van der Waals surface area contributed by atoms with E-state index in [0.717, 1.165) is 28.9 Å². The number of hydrogen-bond acceptors (Lipinski definition) is 5. The summed E-state index contributed by atoms with van der Waals surface area (Å²) in [6.07, 6.45) is 5.07. The quantitative estimate of drug-likeness (QED) is 0.856. The molecule has 2 unspecified atom stereocenters. The molecule has 0 amide bonds. The van der Waals surface area contributed by atoms with Crippen molar-refractivity contribution in [2.45, 2.75) is 38.3 Å². The van der Waals surface area contributed by atoms with Gasteiger partial charge in [-0.25, -0.2) is 9.97 Å². The second-order valence-electron chi connectivity index (χ2n) is 4.64. The van der Waals surface area contributed by atoms with E-state index in [9.17, 15) is 0 Å². The number of thiophene rings is 1. The normalized spacial score (nSPS) is 24.4. The van der Waals surface area contributed by atoms with Gasteiger partial charge in [-0.2, -0.15) is 0 Å². The van der Waals surface area contributed by atoms with E-state index in [2.05, 4.69) is 28.3 Å². The maximum Gasteiger partial charge on any atom is 0.138 e. The first-order valence-electron chi connectivity index (χ1n) is 5.97. The highest BCUT2D eigenvalue weighted by Crippen LogP contribution is 2.29. The number of anilines is 1. The summed E-state index contributed by atoms with van der Waals surface area (Å²) in [7, 11) is 0. The van der Waals surface area contributed by atoms with Crippen molar-refractivity contribution < 1.29 is 0 Å². The lowest BCUT2D eigenvalue weighted by Crippen LogP contribution is -2.35. The Labute approximate surface area is 104 Å². The van der Waals surface area contributed by atoms with Crippen molar-refractivity contribution in [3.05, 3.63) is 17.3 Å². The van der Waals surface area contributed by atoms with Crippen LogP contribution in [0.3, 0.4) is 0 Å². The zero-order valence-corrected chi connectivity index (χ0v) is 10.6. The zero-order valence-electron chi connectivity index (χ0n) is 9.81. The van der Waals surface area contributed by atoms with Crippen LogP contribution in [0.5, 0.6) is 0 Å². The topological polar surface area (TPSA) is 63.8 Å². The number of fused-ring (bicyclic) bond motifs is 1. The molecule has 4 nitrogen and oxygen atoms in total. The Balaban J connectivity index is 1.94. The van der Waals surface area contributed by atoms with Gasteiger partial charge in [0.1, 0.15) is 17.0 Å². The monoisotopic (exact) mass is 248 g/mol. The van der Waals surface area contributed by atoms with Crippen molar-refractivity contribution >= 4 is 27.4 Å². The van der Waals surface area contributed by atoms with Crippen LogP contribution in [-0.4, -0.2) is 22.1 Å². The van der Waals surface area contributed by atoms with Crippen LogP contribution < -0.4 is 11.1 Å². The first-order valence-corrected chi connectivity index (χ1v) is 6.79. The molecule has 5 heteroatoms. The van der Waals surface area contributed by atoms with Gasteiger partial charge in [0.2, 0.25) is 0 Å². The Morgan fingerprint density at radius 3 is 3.06 bits per heavy atom. The first kappa shape index (κ1) is 10.9. The lowest BCUT2D eigenvalue weighted by molar-refractivity contribution is 0.636. The molecule has 0 saturated heterocycles. The molecule has 1 fully saturated rings. The van der Waals surface area contributed by atoms with E-state index in [0.29, 0.717) is 6.04 Å². The zero-order chi connectivity index (χ0) is 11.8. The number of rotatable bonds is 2. The van der Waals surface area contributed by atoms with E-state index in [1.807, 2.05) is 0 Å². The van der Waals surface area contributed by atoms with Crippen LogP contribution >= 0.6 is 11.3 Å². The van der Waals surface area contributed by atoms with Crippen LogP contribution in [0.25, 0.3) is 10.2 Å². The van der Waals surface area contributed by atoms with Gasteiger partial charge in [0.05, 0.1) is 5.39 Å². The number of nitrogens with one attached hydrogen (secondary N) is 1. The average molecular weight is 248 g/mol. The van der Waals surface area contributed by atoms with Gasteiger partial charge >= 0.3 is 0 Å². The third kappa shape index (κ3) is 2.00. The number of aryl methyl sites for hydroxylation is 1. The minimum atomic E-state index is 0.250. The largest absolute Gasteiger partial charge is 0.365 e. The molecule has 0 radical (unpaired) electrons. The average Bonchev–Trinajstić information content (AvgIpc) is 2.85. The third-order valence-corrected chi connectivity index (χ3v) is 4.30. The molecule has 0 bridgehead atoms. The molecule has 0 aliphatic heterocycles. The highest BCUT2D eigenvalue weighted by atomic mass is 32.1. The number of nitrogens with zero attached hydrogens (tertiary/aromatic N) is 2. The molecule has 2 atom stereocenters. The molecule has 2 aromatic heterocycles. The van der Waals surface area contributed by atoms with Crippen molar-refractivity contribution in [1.29, 1.82) is 0 Å². The fourth-order valence-corrected chi connectivity index (χ4v) is 3.28. The highest BCUT2D eigenvalue weighted by Gasteiger charge is 2.24. The van der Waals surface area contributed by atoms with Crippen LogP contribution in [0.15, 0.2) is 12.4 Å². The van der Waals surface area contributed by atoms with Gasteiger partial charge in [0.15, 0.2) is 0 Å². The molecule has 17 heavy (non-hydrogen) atoms. The number of nitrogens with two attached hydrogens (primary N) is 1. The molecule has 90 valence electrons. The predicted molar refractivity (Wildman–Crippen MR) is 71.4 cm³/mol. The van der Waals surface area contributed by atoms with E-state index in [1.165, 1.54) is 11.3 Å². The van der Waals surface area contributed by atoms with Gasteiger partial charge in [-0.3, -0.25) is 0 Å². The van der Waals surface area contributed by atoms with Crippen molar-refractivity contribution in [1.82, 2.24) is 9.97 Å². The lowest BCUT2D eigenvalue weighted by Gasteiger charge is -2.18. The van der Waals surface area contributed by atoms with E-state index in [-0.39, 0.29) is 6.04 Å². The molecular formula is C12H16N4S. The van der Waals surface area contributed by atoms with Crippen molar-refractivity contribution in [2.75, 3.05) is 5.32 Å². The molecule has 1 saturated carbocycles. The standard InChI is InChI=1S/C12H16N4S/c1-7-5-8-11(14-6-15-12(8)17-7)16-10-4-2-3-9(10)13/h5-6,9-10H,2-4,13H2,1H3,(H,14,15,16). The summed E-state index contributed by atoms with van der Waals surface area (Å²) in [6.45, 7) is 2.09. The summed E-state index contributed by atoms with van der Waals surface area (Å²) >= 11 is 1.70. The summed E-state index contributed by atoms with van der Waals surface area (Å²) in [6, 6.07) is 2.75. The van der Waals surface area contributed by atoms with Crippen molar-refractivity contribution in [3.8, 4) is 0 Å². The first-order chi connectivity index (χ1) is 8.24. The molecule has 3 N–H and O–H groups in total. The lowest BCUT2D eigenvalue weighted by atomic mass is 10.2. The smallest absolute Gasteiger partial charge is 0.138 e. The number of aromatic nitrogens is 2. The fourth-order valence-electron chi connectivity index (χ4n) is 2.43. The maximum absolute atomic E-state index is 6.07. The van der Waals surface area contributed by atoms with Crippen LogP contribution in [0.2, 0.25) is 0 Å². The Hall–Kier alpha value is -1.20.